The van der Waals surface area contributed by atoms with Crippen LogP contribution < -0.4 is 15.4 Å². The van der Waals surface area contributed by atoms with Crippen molar-refractivity contribution in [3.8, 4) is 5.75 Å². The predicted molar refractivity (Wildman–Crippen MR) is 81.1 cm³/mol. The molecule has 0 radical (unpaired) electrons. The summed E-state index contributed by atoms with van der Waals surface area (Å²) in [5, 5.41) is 7.05. The molecular weight excluding hydrogens is 262 g/mol. The highest BCUT2D eigenvalue weighted by atomic mass is 35.5. The van der Waals surface area contributed by atoms with E-state index in [2.05, 4.69) is 15.6 Å². The molecule has 0 aliphatic heterocycles. The fourth-order valence-electron chi connectivity index (χ4n) is 1.62. The molecule has 19 heavy (non-hydrogen) atoms. The smallest absolute Gasteiger partial charge is 0.191 e. The van der Waals surface area contributed by atoms with E-state index in [0.29, 0.717) is 18.2 Å². The van der Waals surface area contributed by atoms with E-state index in [1.807, 2.05) is 39.0 Å². The molecule has 0 aliphatic rings. The number of aliphatic imine (C=N–C) groups is 1. The topological polar surface area (TPSA) is 45.7 Å². The van der Waals surface area contributed by atoms with Gasteiger partial charge in [0, 0.05) is 23.7 Å². The largest absolute Gasteiger partial charge is 0.493 e. The third kappa shape index (κ3) is 5.39. The normalized spacial score (nSPS) is 9.89. The number of hydrogen-bond acceptors (Lipinski definition) is 2. The van der Waals surface area contributed by atoms with Crippen LogP contribution >= 0.6 is 11.6 Å². The average Bonchev–Trinajstić information content (AvgIpc) is 2.38. The van der Waals surface area contributed by atoms with Crippen molar-refractivity contribution in [1.29, 1.82) is 0 Å². The number of ether oxygens (including phenoxy) is 1. The lowest BCUT2D eigenvalue weighted by molar-refractivity contribution is 0.336. The summed E-state index contributed by atoms with van der Waals surface area (Å²) in [6, 6.07) is 5.64. The second-order valence-electron chi connectivity index (χ2n) is 3.91. The summed E-state index contributed by atoms with van der Waals surface area (Å²) in [5.74, 6) is 1.61. The van der Waals surface area contributed by atoms with Crippen LogP contribution in [-0.2, 0) is 6.54 Å². The molecule has 0 fully saturated rings. The van der Waals surface area contributed by atoms with Gasteiger partial charge < -0.3 is 15.4 Å². The molecule has 0 amide bonds. The van der Waals surface area contributed by atoms with Gasteiger partial charge in [-0.05, 0) is 32.9 Å². The summed E-state index contributed by atoms with van der Waals surface area (Å²) in [7, 11) is 0. The van der Waals surface area contributed by atoms with E-state index in [1.165, 1.54) is 0 Å². The lowest BCUT2D eigenvalue weighted by Crippen LogP contribution is -2.36. The fraction of sp³-hybridized carbons (Fsp3) is 0.500. The first kappa shape index (κ1) is 15.6. The summed E-state index contributed by atoms with van der Waals surface area (Å²) in [5.41, 5.74) is 1.03. The summed E-state index contributed by atoms with van der Waals surface area (Å²) >= 11 is 5.97. The summed E-state index contributed by atoms with van der Waals surface area (Å²) in [4.78, 5) is 4.52. The SMILES string of the molecule is CCNC(=NCc1ccc(Cl)cc1OCC)NCC. The Morgan fingerprint density at radius 1 is 1.21 bits per heavy atom. The maximum atomic E-state index is 5.97. The van der Waals surface area contributed by atoms with Crippen LogP contribution in [0.3, 0.4) is 0 Å². The summed E-state index contributed by atoms with van der Waals surface area (Å²) in [6.07, 6.45) is 0. The van der Waals surface area contributed by atoms with Crippen LogP contribution in [0.4, 0.5) is 0 Å². The Labute approximate surface area is 120 Å². The van der Waals surface area contributed by atoms with Crippen LogP contribution in [0.15, 0.2) is 23.2 Å². The van der Waals surface area contributed by atoms with Gasteiger partial charge in [-0.15, -0.1) is 0 Å². The Bertz CT molecular complexity index is 413. The molecule has 1 aromatic rings. The first-order valence-corrected chi connectivity index (χ1v) is 7.02. The van der Waals surface area contributed by atoms with Gasteiger partial charge in [0.1, 0.15) is 5.75 Å². The Morgan fingerprint density at radius 3 is 2.47 bits per heavy atom. The number of nitrogens with one attached hydrogen (secondary N) is 2. The standard InChI is InChI=1S/C14H22ClN3O/c1-4-16-14(17-5-2)18-10-11-7-8-12(15)9-13(11)19-6-3/h7-9H,4-6,10H2,1-3H3,(H2,16,17,18). The zero-order valence-corrected chi connectivity index (χ0v) is 12.5. The number of halogens is 1. The zero-order valence-electron chi connectivity index (χ0n) is 11.8. The maximum Gasteiger partial charge on any atom is 0.191 e. The molecule has 0 unspecified atom stereocenters. The molecular formula is C14H22ClN3O. The molecule has 0 saturated heterocycles. The number of nitrogens with zero attached hydrogens (tertiary/aromatic N) is 1. The fourth-order valence-corrected chi connectivity index (χ4v) is 1.78. The highest BCUT2D eigenvalue weighted by Crippen LogP contribution is 2.24. The van der Waals surface area contributed by atoms with Crippen molar-refractivity contribution in [1.82, 2.24) is 10.6 Å². The second-order valence-corrected chi connectivity index (χ2v) is 4.35. The van der Waals surface area contributed by atoms with Crippen molar-refractivity contribution in [2.45, 2.75) is 27.3 Å². The van der Waals surface area contributed by atoms with Gasteiger partial charge in [0.05, 0.1) is 13.2 Å². The Kier molecular flexibility index (Phi) is 7.11. The van der Waals surface area contributed by atoms with Gasteiger partial charge >= 0.3 is 0 Å². The highest BCUT2D eigenvalue weighted by Gasteiger charge is 2.04. The van der Waals surface area contributed by atoms with E-state index < -0.39 is 0 Å². The van der Waals surface area contributed by atoms with Crippen LogP contribution in [0, 0.1) is 0 Å². The van der Waals surface area contributed by atoms with Crippen molar-refractivity contribution in [3.05, 3.63) is 28.8 Å². The second kappa shape index (κ2) is 8.64. The molecule has 1 aromatic carbocycles. The molecule has 0 atom stereocenters. The van der Waals surface area contributed by atoms with Gasteiger partial charge in [0.2, 0.25) is 0 Å². The third-order valence-electron chi connectivity index (χ3n) is 2.43. The van der Waals surface area contributed by atoms with Gasteiger partial charge in [-0.25, -0.2) is 4.99 Å². The monoisotopic (exact) mass is 283 g/mol. The molecule has 0 aromatic heterocycles. The van der Waals surface area contributed by atoms with E-state index in [0.717, 1.165) is 30.4 Å². The quantitative estimate of drug-likeness (QED) is 0.623. The molecule has 5 heteroatoms. The molecule has 1 rings (SSSR count). The molecule has 0 saturated carbocycles. The minimum atomic E-state index is 0.557. The van der Waals surface area contributed by atoms with Gasteiger partial charge in [-0.3, -0.25) is 0 Å². The number of hydrogen-bond donors (Lipinski definition) is 2. The number of benzene rings is 1. The molecule has 106 valence electrons. The minimum absolute atomic E-state index is 0.557. The maximum absolute atomic E-state index is 5.97. The lowest BCUT2D eigenvalue weighted by Gasteiger charge is -2.11. The highest BCUT2D eigenvalue weighted by molar-refractivity contribution is 6.30. The van der Waals surface area contributed by atoms with Crippen molar-refractivity contribution < 1.29 is 4.74 Å². The van der Waals surface area contributed by atoms with Crippen molar-refractivity contribution in [2.24, 2.45) is 4.99 Å². The van der Waals surface area contributed by atoms with Crippen LogP contribution in [-0.4, -0.2) is 25.7 Å². The minimum Gasteiger partial charge on any atom is -0.493 e. The van der Waals surface area contributed by atoms with Gasteiger partial charge in [0.25, 0.3) is 0 Å². The van der Waals surface area contributed by atoms with Gasteiger partial charge in [-0.2, -0.15) is 0 Å². The number of guanidine groups is 1. The van der Waals surface area contributed by atoms with Crippen molar-refractivity contribution >= 4 is 17.6 Å². The zero-order chi connectivity index (χ0) is 14.1. The van der Waals surface area contributed by atoms with E-state index in [1.54, 1.807) is 0 Å². The van der Waals surface area contributed by atoms with Crippen LogP contribution in [0.1, 0.15) is 26.3 Å². The van der Waals surface area contributed by atoms with Crippen LogP contribution in [0.25, 0.3) is 0 Å². The van der Waals surface area contributed by atoms with Crippen molar-refractivity contribution in [3.63, 3.8) is 0 Å². The molecule has 2 N–H and O–H groups in total. The molecule has 0 spiro atoms. The Hall–Kier alpha value is -1.42. The van der Waals surface area contributed by atoms with Gasteiger partial charge in [0.15, 0.2) is 5.96 Å². The summed E-state index contributed by atoms with van der Waals surface area (Å²) < 4.78 is 5.58. The van der Waals surface area contributed by atoms with E-state index in [4.69, 9.17) is 16.3 Å². The lowest BCUT2D eigenvalue weighted by atomic mass is 10.2. The molecule has 0 heterocycles. The van der Waals surface area contributed by atoms with Crippen molar-refractivity contribution in [2.75, 3.05) is 19.7 Å². The average molecular weight is 284 g/mol. The van der Waals surface area contributed by atoms with Crippen LogP contribution in [0.2, 0.25) is 5.02 Å². The molecule has 0 bridgehead atoms. The van der Waals surface area contributed by atoms with E-state index in [-0.39, 0.29) is 0 Å². The Balaban J connectivity index is 2.82. The van der Waals surface area contributed by atoms with E-state index >= 15 is 0 Å². The van der Waals surface area contributed by atoms with Gasteiger partial charge in [-0.1, -0.05) is 17.7 Å². The van der Waals surface area contributed by atoms with Crippen LogP contribution in [0.5, 0.6) is 5.75 Å². The first-order chi connectivity index (χ1) is 9.21. The number of rotatable bonds is 6. The predicted octanol–water partition coefficient (Wildman–Crippen LogP) is 2.81. The molecule has 4 nitrogen and oxygen atoms in total. The summed E-state index contributed by atoms with van der Waals surface area (Å²) in [6.45, 7) is 8.89. The third-order valence-corrected chi connectivity index (χ3v) is 2.66. The Morgan fingerprint density at radius 2 is 1.89 bits per heavy atom. The first-order valence-electron chi connectivity index (χ1n) is 6.64. The molecule has 0 aliphatic carbocycles. The van der Waals surface area contributed by atoms with E-state index in [9.17, 15) is 0 Å².